The molecule has 1 aliphatic rings. The van der Waals surface area contributed by atoms with Crippen LogP contribution in [0.4, 0.5) is 5.69 Å². The standard InChI is InChI=1S/C24H31N3O3/c1-17-5-9-19(10-6-17)27-22(28)14-13-21(24(29)25-15-16-26(2)3)23(27)18-7-11-20(30-4)12-8-18/h5-12,21,23H,13-16H2,1-4H3,(H,25,29). The molecular weight excluding hydrogens is 378 g/mol. The summed E-state index contributed by atoms with van der Waals surface area (Å²) in [5, 5.41) is 3.06. The highest BCUT2D eigenvalue weighted by molar-refractivity contribution is 5.97. The number of benzene rings is 2. The highest BCUT2D eigenvalue weighted by atomic mass is 16.5. The Bertz CT molecular complexity index is 862. The lowest BCUT2D eigenvalue weighted by Crippen LogP contribution is -2.49. The number of ether oxygens (including phenoxy) is 1. The van der Waals surface area contributed by atoms with Gasteiger partial charge in [0.25, 0.3) is 0 Å². The van der Waals surface area contributed by atoms with E-state index in [-0.39, 0.29) is 23.8 Å². The topological polar surface area (TPSA) is 61.9 Å². The second kappa shape index (κ2) is 9.76. The first-order valence-corrected chi connectivity index (χ1v) is 10.4. The van der Waals surface area contributed by atoms with E-state index in [1.165, 1.54) is 0 Å². The molecule has 1 heterocycles. The number of aryl methyl sites for hydroxylation is 1. The molecular formula is C24H31N3O3. The highest BCUT2D eigenvalue weighted by Gasteiger charge is 2.41. The maximum Gasteiger partial charge on any atom is 0.227 e. The number of amides is 2. The van der Waals surface area contributed by atoms with E-state index in [1.807, 2.05) is 74.4 Å². The first-order valence-electron chi connectivity index (χ1n) is 10.4. The summed E-state index contributed by atoms with van der Waals surface area (Å²) in [5.41, 5.74) is 2.87. The lowest BCUT2D eigenvalue weighted by molar-refractivity contribution is -0.129. The zero-order chi connectivity index (χ0) is 21.7. The van der Waals surface area contributed by atoms with Gasteiger partial charge in [0.05, 0.1) is 19.1 Å². The molecule has 6 heteroatoms. The maximum absolute atomic E-state index is 13.1. The number of carbonyl (C=O) groups excluding carboxylic acids is 2. The monoisotopic (exact) mass is 409 g/mol. The summed E-state index contributed by atoms with van der Waals surface area (Å²) in [4.78, 5) is 30.0. The molecule has 2 aromatic rings. The number of rotatable bonds is 7. The van der Waals surface area contributed by atoms with Gasteiger partial charge in [-0.15, -0.1) is 0 Å². The molecule has 30 heavy (non-hydrogen) atoms. The fraction of sp³-hybridized carbons (Fsp3) is 0.417. The molecule has 1 aliphatic heterocycles. The Labute approximate surface area is 178 Å². The van der Waals surface area contributed by atoms with E-state index in [4.69, 9.17) is 4.74 Å². The van der Waals surface area contributed by atoms with E-state index in [1.54, 1.807) is 12.0 Å². The van der Waals surface area contributed by atoms with Crippen LogP contribution in [0.15, 0.2) is 48.5 Å². The Balaban J connectivity index is 1.96. The van der Waals surface area contributed by atoms with Crippen LogP contribution in [0, 0.1) is 12.8 Å². The van der Waals surface area contributed by atoms with E-state index in [0.717, 1.165) is 29.1 Å². The summed E-state index contributed by atoms with van der Waals surface area (Å²) in [7, 11) is 5.58. The van der Waals surface area contributed by atoms with Crippen LogP contribution in [0.25, 0.3) is 0 Å². The minimum Gasteiger partial charge on any atom is -0.497 e. The molecule has 1 saturated heterocycles. The van der Waals surface area contributed by atoms with Crippen molar-refractivity contribution < 1.29 is 14.3 Å². The van der Waals surface area contributed by atoms with Crippen molar-refractivity contribution in [3.63, 3.8) is 0 Å². The van der Waals surface area contributed by atoms with Gasteiger partial charge in [0.15, 0.2) is 0 Å². The predicted molar refractivity (Wildman–Crippen MR) is 119 cm³/mol. The molecule has 0 aromatic heterocycles. The third-order valence-electron chi connectivity index (χ3n) is 5.56. The number of nitrogens with zero attached hydrogens (tertiary/aromatic N) is 2. The molecule has 0 radical (unpaired) electrons. The minimum absolute atomic E-state index is 0.0118. The number of piperidine rings is 1. The molecule has 6 nitrogen and oxygen atoms in total. The summed E-state index contributed by atoms with van der Waals surface area (Å²) < 4.78 is 5.29. The molecule has 160 valence electrons. The SMILES string of the molecule is COc1ccc(C2C(C(=O)NCCN(C)C)CCC(=O)N2c2ccc(C)cc2)cc1. The van der Waals surface area contributed by atoms with Crippen molar-refractivity contribution in [1.82, 2.24) is 10.2 Å². The van der Waals surface area contributed by atoms with E-state index in [9.17, 15) is 9.59 Å². The van der Waals surface area contributed by atoms with Crippen molar-refractivity contribution in [2.75, 3.05) is 39.2 Å². The Morgan fingerprint density at radius 1 is 1.13 bits per heavy atom. The Morgan fingerprint density at radius 3 is 2.40 bits per heavy atom. The summed E-state index contributed by atoms with van der Waals surface area (Å²) in [5.74, 6) is 0.452. The number of carbonyl (C=O) groups is 2. The average molecular weight is 410 g/mol. The summed E-state index contributed by atoms with van der Waals surface area (Å²) in [6, 6.07) is 15.2. The fourth-order valence-corrected chi connectivity index (χ4v) is 3.89. The highest BCUT2D eigenvalue weighted by Crippen LogP contribution is 2.40. The summed E-state index contributed by atoms with van der Waals surface area (Å²) in [6.07, 6.45) is 0.887. The van der Waals surface area contributed by atoms with Crippen molar-refractivity contribution in [2.45, 2.75) is 25.8 Å². The number of anilines is 1. The van der Waals surface area contributed by atoms with Gasteiger partial charge in [-0.3, -0.25) is 9.59 Å². The molecule has 0 spiro atoms. The Kier molecular flexibility index (Phi) is 7.11. The zero-order valence-corrected chi connectivity index (χ0v) is 18.2. The third-order valence-corrected chi connectivity index (χ3v) is 5.56. The molecule has 0 saturated carbocycles. The first-order chi connectivity index (χ1) is 14.4. The first kappa shape index (κ1) is 21.8. The molecule has 2 unspecified atom stereocenters. The van der Waals surface area contributed by atoms with Gasteiger partial charge in [0, 0.05) is 25.2 Å². The second-order valence-corrected chi connectivity index (χ2v) is 8.06. The average Bonchev–Trinajstić information content (AvgIpc) is 2.74. The largest absolute Gasteiger partial charge is 0.497 e. The molecule has 2 amide bonds. The lowest BCUT2D eigenvalue weighted by atomic mass is 9.83. The maximum atomic E-state index is 13.1. The van der Waals surface area contributed by atoms with E-state index in [2.05, 4.69) is 5.32 Å². The molecule has 0 bridgehead atoms. The molecule has 2 aromatic carbocycles. The van der Waals surface area contributed by atoms with Crippen LogP contribution in [-0.2, 0) is 9.59 Å². The minimum atomic E-state index is -0.362. The number of nitrogens with one attached hydrogen (secondary N) is 1. The molecule has 2 atom stereocenters. The van der Waals surface area contributed by atoms with Gasteiger partial charge in [0.2, 0.25) is 11.8 Å². The van der Waals surface area contributed by atoms with Crippen LogP contribution < -0.4 is 15.0 Å². The number of likely N-dealkylation sites (N-methyl/N-ethyl adjacent to an activating group) is 1. The van der Waals surface area contributed by atoms with Crippen molar-refractivity contribution in [3.8, 4) is 5.75 Å². The smallest absolute Gasteiger partial charge is 0.227 e. The van der Waals surface area contributed by atoms with Crippen LogP contribution in [0.3, 0.4) is 0 Å². The van der Waals surface area contributed by atoms with E-state index >= 15 is 0 Å². The number of methoxy groups -OCH3 is 1. The molecule has 0 aliphatic carbocycles. The van der Waals surface area contributed by atoms with Gasteiger partial charge in [-0.25, -0.2) is 0 Å². The van der Waals surface area contributed by atoms with Gasteiger partial charge in [-0.05, 0) is 57.3 Å². The summed E-state index contributed by atoms with van der Waals surface area (Å²) >= 11 is 0. The van der Waals surface area contributed by atoms with E-state index < -0.39 is 0 Å². The van der Waals surface area contributed by atoms with Crippen molar-refractivity contribution in [2.24, 2.45) is 5.92 Å². The van der Waals surface area contributed by atoms with Gasteiger partial charge in [0.1, 0.15) is 5.75 Å². The molecule has 1 fully saturated rings. The summed E-state index contributed by atoms with van der Waals surface area (Å²) in [6.45, 7) is 3.37. The van der Waals surface area contributed by atoms with Gasteiger partial charge in [-0.2, -0.15) is 0 Å². The quantitative estimate of drug-likeness (QED) is 0.763. The molecule has 1 N–H and O–H groups in total. The molecule has 3 rings (SSSR count). The van der Waals surface area contributed by atoms with E-state index in [0.29, 0.717) is 19.4 Å². The zero-order valence-electron chi connectivity index (χ0n) is 18.2. The van der Waals surface area contributed by atoms with Crippen LogP contribution in [-0.4, -0.2) is 51.0 Å². The van der Waals surface area contributed by atoms with Crippen LogP contribution in [0.1, 0.15) is 30.0 Å². The fourth-order valence-electron chi connectivity index (χ4n) is 3.89. The predicted octanol–water partition coefficient (Wildman–Crippen LogP) is 3.17. The number of hydrogen-bond donors (Lipinski definition) is 1. The van der Waals surface area contributed by atoms with Gasteiger partial charge < -0.3 is 19.9 Å². The van der Waals surface area contributed by atoms with Gasteiger partial charge >= 0.3 is 0 Å². The van der Waals surface area contributed by atoms with Crippen molar-refractivity contribution in [1.29, 1.82) is 0 Å². The normalized spacial score (nSPS) is 19.1. The van der Waals surface area contributed by atoms with Gasteiger partial charge in [-0.1, -0.05) is 29.8 Å². The van der Waals surface area contributed by atoms with Crippen LogP contribution >= 0.6 is 0 Å². The Morgan fingerprint density at radius 2 is 1.80 bits per heavy atom. The number of hydrogen-bond acceptors (Lipinski definition) is 4. The van der Waals surface area contributed by atoms with Crippen molar-refractivity contribution in [3.05, 3.63) is 59.7 Å². The van der Waals surface area contributed by atoms with Crippen LogP contribution in [0.5, 0.6) is 5.75 Å². The van der Waals surface area contributed by atoms with Crippen LogP contribution in [0.2, 0.25) is 0 Å². The second-order valence-electron chi connectivity index (χ2n) is 8.06. The third kappa shape index (κ3) is 5.00. The Hall–Kier alpha value is -2.86. The van der Waals surface area contributed by atoms with Crippen molar-refractivity contribution >= 4 is 17.5 Å². The lowest BCUT2D eigenvalue weighted by Gasteiger charge is -2.41.